The van der Waals surface area contributed by atoms with Gasteiger partial charge in [-0.3, -0.25) is 0 Å². The molecule has 17 heavy (non-hydrogen) atoms. The minimum atomic E-state index is 0.213. The van der Waals surface area contributed by atoms with E-state index < -0.39 is 0 Å². The van der Waals surface area contributed by atoms with E-state index >= 15 is 0 Å². The van der Waals surface area contributed by atoms with Crippen LogP contribution in [0.4, 0.5) is 0 Å². The highest BCUT2D eigenvalue weighted by Gasteiger charge is 2.10. The number of phenolic OH excluding ortho intramolecular Hbond substituents is 1. The molecule has 2 rings (SSSR count). The zero-order valence-corrected chi connectivity index (χ0v) is 10.9. The van der Waals surface area contributed by atoms with Gasteiger partial charge in [0, 0.05) is 11.9 Å². The molecular formula is C13H15ClN2O. The molecule has 1 aromatic carbocycles. The van der Waals surface area contributed by atoms with Crippen LogP contribution >= 0.6 is 11.6 Å². The molecular weight excluding hydrogens is 236 g/mol. The molecule has 0 amide bonds. The highest BCUT2D eigenvalue weighted by atomic mass is 35.5. The normalized spacial score (nSPS) is 11.4. The third-order valence-electron chi connectivity index (χ3n) is 2.63. The predicted molar refractivity (Wildman–Crippen MR) is 70.5 cm³/mol. The second-order valence-corrected chi connectivity index (χ2v) is 4.87. The first kappa shape index (κ1) is 12.1. The fraction of sp³-hybridized carbons (Fsp3) is 0.308. The number of hydrogen-bond donors (Lipinski definition) is 1. The van der Waals surface area contributed by atoms with Crippen LogP contribution in [-0.2, 0) is 6.54 Å². The lowest BCUT2D eigenvalue weighted by Crippen LogP contribution is -2.11. The standard InChI is InChI=1S/C13H15ClN2O/c1-8-6-11(14)10-5-4-9(7-16(2)3)15-12(10)13(8)17/h4-6,17H,7H2,1-3H3. The second-order valence-electron chi connectivity index (χ2n) is 4.46. The highest BCUT2D eigenvalue weighted by molar-refractivity contribution is 6.35. The molecule has 0 saturated heterocycles. The minimum absolute atomic E-state index is 0.213. The van der Waals surface area contributed by atoms with Gasteiger partial charge in [-0.05, 0) is 44.8 Å². The van der Waals surface area contributed by atoms with Gasteiger partial charge in [0.25, 0.3) is 0 Å². The summed E-state index contributed by atoms with van der Waals surface area (Å²) in [6.45, 7) is 2.56. The van der Waals surface area contributed by atoms with Crippen LogP contribution in [0.1, 0.15) is 11.3 Å². The summed E-state index contributed by atoms with van der Waals surface area (Å²) < 4.78 is 0. The van der Waals surface area contributed by atoms with Crippen molar-refractivity contribution in [3.8, 4) is 5.75 Å². The van der Waals surface area contributed by atoms with Gasteiger partial charge in [0.2, 0.25) is 0 Å². The molecule has 90 valence electrons. The van der Waals surface area contributed by atoms with E-state index in [4.69, 9.17) is 11.6 Å². The van der Waals surface area contributed by atoms with E-state index in [-0.39, 0.29) is 5.75 Å². The van der Waals surface area contributed by atoms with Crippen LogP contribution < -0.4 is 0 Å². The first-order valence-corrected chi connectivity index (χ1v) is 5.79. The fourth-order valence-electron chi connectivity index (χ4n) is 1.81. The second kappa shape index (κ2) is 4.51. The molecule has 1 N–H and O–H groups in total. The fourth-order valence-corrected chi connectivity index (χ4v) is 2.12. The lowest BCUT2D eigenvalue weighted by molar-refractivity contribution is 0.397. The van der Waals surface area contributed by atoms with Crippen LogP contribution in [0, 0.1) is 6.92 Å². The molecule has 1 heterocycles. The number of hydrogen-bond acceptors (Lipinski definition) is 3. The Morgan fingerprint density at radius 1 is 1.35 bits per heavy atom. The summed E-state index contributed by atoms with van der Waals surface area (Å²) in [6.07, 6.45) is 0. The summed E-state index contributed by atoms with van der Waals surface area (Å²) in [5.74, 6) is 0.213. The Morgan fingerprint density at radius 3 is 2.71 bits per heavy atom. The van der Waals surface area contributed by atoms with Crippen molar-refractivity contribution in [2.45, 2.75) is 13.5 Å². The van der Waals surface area contributed by atoms with Crippen molar-refractivity contribution in [1.29, 1.82) is 0 Å². The molecule has 0 saturated carbocycles. The SMILES string of the molecule is Cc1cc(Cl)c2ccc(CN(C)C)nc2c1O. The third-order valence-corrected chi connectivity index (χ3v) is 2.94. The first-order chi connectivity index (χ1) is 7.99. The summed E-state index contributed by atoms with van der Waals surface area (Å²) in [4.78, 5) is 6.49. The number of aromatic nitrogens is 1. The van der Waals surface area contributed by atoms with E-state index in [1.807, 2.05) is 38.1 Å². The number of halogens is 1. The molecule has 0 aliphatic heterocycles. The molecule has 1 aromatic heterocycles. The van der Waals surface area contributed by atoms with Crippen LogP contribution in [0.15, 0.2) is 18.2 Å². The smallest absolute Gasteiger partial charge is 0.144 e. The zero-order valence-electron chi connectivity index (χ0n) is 10.2. The van der Waals surface area contributed by atoms with Gasteiger partial charge in [-0.1, -0.05) is 11.6 Å². The molecule has 0 radical (unpaired) electrons. The van der Waals surface area contributed by atoms with E-state index in [2.05, 4.69) is 4.98 Å². The molecule has 4 heteroatoms. The highest BCUT2D eigenvalue weighted by Crippen LogP contribution is 2.32. The number of pyridine rings is 1. The summed E-state index contributed by atoms with van der Waals surface area (Å²) in [5, 5.41) is 11.4. The van der Waals surface area contributed by atoms with Gasteiger partial charge >= 0.3 is 0 Å². The number of nitrogens with zero attached hydrogens (tertiary/aromatic N) is 2. The predicted octanol–water partition coefficient (Wildman–Crippen LogP) is 2.96. The number of rotatable bonds is 2. The summed E-state index contributed by atoms with van der Waals surface area (Å²) >= 11 is 6.13. The van der Waals surface area contributed by atoms with Crippen LogP contribution in [0.3, 0.4) is 0 Å². The van der Waals surface area contributed by atoms with Crippen molar-refractivity contribution in [3.63, 3.8) is 0 Å². The Bertz CT molecular complexity index is 567. The van der Waals surface area contributed by atoms with Gasteiger partial charge < -0.3 is 10.0 Å². The first-order valence-electron chi connectivity index (χ1n) is 5.41. The lowest BCUT2D eigenvalue weighted by Gasteiger charge is -2.11. The van der Waals surface area contributed by atoms with Gasteiger partial charge in [0.15, 0.2) is 0 Å². The molecule has 0 atom stereocenters. The van der Waals surface area contributed by atoms with Gasteiger partial charge in [-0.25, -0.2) is 4.98 Å². The van der Waals surface area contributed by atoms with E-state index in [0.29, 0.717) is 10.5 Å². The average molecular weight is 251 g/mol. The topological polar surface area (TPSA) is 36.4 Å². The van der Waals surface area contributed by atoms with Crippen molar-refractivity contribution in [3.05, 3.63) is 34.5 Å². The van der Waals surface area contributed by atoms with Crippen LogP contribution in [0.5, 0.6) is 5.75 Å². The van der Waals surface area contributed by atoms with Crippen molar-refractivity contribution in [1.82, 2.24) is 9.88 Å². The van der Waals surface area contributed by atoms with Crippen LogP contribution in [0.25, 0.3) is 10.9 Å². The molecule has 0 aliphatic rings. The average Bonchev–Trinajstić information content (AvgIpc) is 2.25. The van der Waals surface area contributed by atoms with Gasteiger partial charge in [-0.2, -0.15) is 0 Å². The van der Waals surface area contributed by atoms with Gasteiger partial charge in [0.05, 0.1) is 10.7 Å². The Labute approximate surface area is 106 Å². The molecule has 0 spiro atoms. The van der Waals surface area contributed by atoms with Gasteiger partial charge in [-0.15, -0.1) is 0 Å². The molecule has 3 nitrogen and oxygen atoms in total. The summed E-state index contributed by atoms with van der Waals surface area (Å²) in [5.41, 5.74) is 2.24. The summed E-state index contributed by atoms with van der Waals surface area (Å²) in [6, 6.07) is 5.60. The van der Waals surface area contributed by atoms with Crippen molar-refractivity contribution < 1.29 is 5.11 Å². The van der Waals surface area contributed by atoms with E-state index in [0.717, 1.165) is 23.2 Å². The molecule has 2 aromatic rings. The maximum atomic E-state index is 10.0. The molecule has 0 unspecified atom stereocenters. The zero-order chi connectivity index (χ0) is 12.6. The number of phenols is 1. The van der Waals surface area contributed by atoms with Crippen molar-refractivity contribution >= 4 is 22.5 Å². The molecule has 0 aliphatic carbocycles. The maximum absolute atomic E-state index is 10.0. The van der Waals surface area contributed by atoms with Gasteiger partial charge in [0.1, 0.15) is 11.3 Å². The minimum Gasteiger partial charge on any atom is -0.505 e. The Hall–Kier alpha value is -1.32. The Balaban J connectivity index is 2.63. The summed E-state index contributed by atoms with van der Waals surface area (Å²) in [7, 11) is 3.96. The Morgan fingerprint density at radius 2 is 2.06 bits per heavy atom. The quantitative estimate of drug-likeness (QED) is 0.890. The van der Waals surface area contributed by atoms with Crippen LogP contribution in [-0.4, -0.2) is 29.1 Å². The van der Waals surface area contributed by atoms with E-state index in [1.54, 1.807) is 6.07 Å². The van der Waals surface area contributed by atoms with Crippen LogP contribution in [0.2, 0.25) is 5.02 Å². The van der Waals surface area contributed by atoms with Crippen molar-refractivity contribution in [2.24, 2.45) is 0 Å². The number of aromatic hydroxyl groups is 1. The number of aryl methyl sites for hydroxylation is 1. The van der Waals surface area contributed by atoms with E-state index in [1.165, 1.54) is 0 Å². The Kier molecular flexibility index (Phi) is 3.22. The number of fused-ring (bicyclic) bond motifs is 1. The largest absolute Gasteiger partial charge is 0.505 e. The monoisotopic (exact) mass is 250 g/mol. The van der Waals surface area contributed by atoms with E-state index in [9.17, 15) is 5.11 Å². The maximum Gasteiger partial charge on any atom is 0.144 e. The molecule has 0 fully saturated rings. The third kappa shape index (κ3) is 2.35. The lowest BCUT2D eigenvalue weighted by atomic mass is 10.1. The molecule has 0 bridgehead atoms. The van der Waals surface area contributed by atoms with Crippen molar-refractivity contribution in [2.75, 3.05) is 14.1 Å². The number of benzene rings is 1.